The fourth-order valence-corrected chi connectivity index (χ4v) is 5.53. The van der Waals surface area contributed by atoms with E-state index in [0.717, 1.165) is 5.56 Å². The predicted molar refractivity (Wildman–Crippen MR) is 118 cm³/mol. The first-order valence-corrected chi connectivity index (χ1v) is 12.0. The molecule has 0 unspecified atom stereocenters. The number of aromatic nitrogens is 1. The van der Waals surface area contributed by atoms with Gasteiger partial charge in [0, 0.05) is 35.5 Å². The smallest absolute Gasteiger partial charge is 0.405 e. The molecule has 1 fully saturated rings. The molecule has 1 aliphatic rings. The van der Waals surface area contributed by atoms with E-state index in [0.29, 0.717) is 48.1 Å². The van der Waals surface area contributed by atoms with Gasteiger partial charge >= 0.3 is 6.09 Å². The number of hydrogen-bond donors (Lipinski definition) is 2. The average molecular weight is 488 g/mol. The van der Waals surface area contributed by atoms with E-state index in [9.17, 15) is 13.2 Å². The molecule has 1 saturated heterocycles. The van der Waals surface area contributed by atoms with E-state index in [4.69, 9.17) is 33.0 Å². The van der Waals surface area contributed by atoms with Crippen LogP contribution in [0, 0.1) is 0 Å². The van der Waals surface area contributed by atoms with Crippen LogP contribution in [0.1, 0.15) is 30.0 Å². The van der Waals surface area contributed by atoms with Crippen LogP contribution in [0.4, 0.5) is 4.79 Å². The number of amides is 1. The van der Waals surface area contributed by atoms with Crippen LogP contribution >= 0.6 is 23.2 Å². The van der Waals surface area contributed by atoms with Crippen molar-refractivity contribution in [2.45, 2.75) is 31.6 Å². The van der Waals surface area contributed by atoms with E-state index in [2.05, 4.69) is 10.3 Å². The maximum atomic E-state index is 12.9. The molecule has 1 atom stereocenters. The standard InChI is InChI=1S/C20H23Cl2N3O5S/c21-16-4-3-15(18(22)10-16)12-30-17-5-8-25(9-6-17)31(28,29)13-19(24-20(26)27)14-2-1-7-23-11-14/h1-4,7,10-11,17,19,24H,5-6,8-9,12-13H2,(H,26,27)/t19-/m0/s1. The van der Waals surface area contributed by atoms with Crippen LogP contribution in [0.2, 0.25) is 10.0 Å². The second-order valence-electron chi connectivity index (χ2n) is 7.21. The van der Waals surface area contributed by atoms with Crippen LogP contribution in [-0.2, 0) is 21.4 Å². The molecule has 1 amide bonds. The molecule has 2 aromatic rings. The second-order valence-corrected chi connectivity index (χ2v) is 10.1. The van der Waals surface area contributed by atoms with Gasteiger partial charge in [0.05, 0.1) is 24.5 Å². The van der Waals surface area contributed by atoms with Crippen molar-refractivity contribution in [2.75, 3.05) is 18.8 Å². The third-order valence-corrected chi connectivity index (χ3v) is 7.54. The van der Waals surface area contributed by atoms with Crippen molar-refractivity contribution < 1.29 is 23.1 Å². The van der Waals surface area contributed by atoms with Crippen molar-refractivity contribution in [3.05, 3.63) is 63.9 Å². The highest BCUT2D eigenvalue weighted by molar-refractivity contribution is 7.89. The molecule has 11 heteroatoms. The SMILES string of the molecule is O=C(O)N[C@@H](CS(=O)(=O)N1CCC(OCc2ccc(Cl)cc2Cl)CC1)c1cccnc1. The molecule has 2 N–H and O–H groups in total. The molecule has 1 aromatic heterocycles. The number of rotatable bonds is 8. The average Bonchev–Trinajstić information content (AvgIpc) is 2.73. The summed E-state index contributed by atoms with van der Waals surface area (Å²) < 4.78 is 33.1. The lowest BCUT2D eigenvalue weighted by atomic mass is 10.1. The molecule has 0 spiro atoms. The summed E-state index contributed by atoms with van der Waals surface area (Å²) in [6, 6.07) is 7.57. The molecule has 1 aliphatic heterocycles. The van der Waals surface area contributed by atoms with Gasteiger partial charge in [0.2, 0.25) is 10.0 Å². The Balaban J connectivity index is 1.56. The van der Waals surface area contributed by atoms with Gasteiger partial charge in [-0.05, 0) is 42.2 Å². The van der Waals surface area contributed by atoms with Gasteiger partial charge in [-0.1, -0.05) is 35.3 Å². The zero-order valence-electron chi connectivity index (χ0n) is 16.6. The minimum absolute atomic E-state index is 0.0931. The van der Waals surface area contributed by atoms with Gasteiger partial charge in [-0.2, -0.15) is 0 Å². The zero-order chi connectivity index (χ0) is 22.4. The molecule has 0 bridgehead atoms. The summed E-state index contributed by atoms with van der Waals surface area (Å²) in [7, 11) is -3.69. The van der Waals surface area contributed by atoms with E-state index in [1.165, 1.54) is 16.7 Å². The Morgan fingerprint density at radius 3 is 2.65 bits per heavy atom. The number of carboxylic acid groups (broad SMARTS) is 1. The number of pyridine rings is 1. The van der Waals surface area contributed by atoms with Crippen molar-refractivity contribution in [3.63, 3.8) is 0 Å². The lowest BCUT2D eigenvalue weighted by Crippen LogP contribution is -2.44. The van der Waals surface area contributed by atoms with Crippen LogP contribution < -0.4 is 5.32 Å². The number of benzene rings is 1. The second kappa shape index (κ2) is 10.6. The molecule has 1 aromatic carbocycles. The van der Waals surface area contributed by atoms with E-state index in [-0.39, 0.29) is 11.9 Å². The number of nitrogens with one attached hydrogen (secondary N) is 1. The van der Waals surface area contributed by atoms with Crippen molar-refractivity contribution in [3.8, 4) is 0 Å². The van der Waals surface area contributed by atoms with Crippen molar-refractivity contribution in [1.82, 2.24) is 14.6 Å². The monoisotopic (exact) mass is 487 g/mol. The number of carbonyl (C=O) groups is 1. The molecule has 31 heavy (non-hydrogen) atoms. The molecular weight excluding hydrogens is 465 g/mol. The molecule has 3 rings (SSSR count). The van der Waals surface area contributed by atoms with Gasteiger partial charge in [-0.15, -0.1) is 0 Å². The van der Waals surface area contributed by atoms with Gasteiger partial charge < -0.3 is 15.2 Å². The van der Waals surface area contributed by atoms with Gasteiger partial charge in [0.15, 0.2) is 0 Å². The maximum Gasteiger partial charge on any atom is 0.405 e. The van der Waals surface area contributed by atoms with Crippen molar-refractivity contribution >= 4 is 39.3 Å². The largest absolute Gasteiger partial charge is 0.465 e. The molecule has 8 nitrogen and oxygen atoms in total. The van der Waals surface area contributed by atoms with Gasteiger partial charge in [-0.25, -0.2) is 17.5 Å². The fourth-order valence-electron chi connectivity index (χ4n) is 3.39. The number of ether oxygens (including phenoxy) is 1. The minimum atomic E-state index is -3.69. The first-order valence-electron chi connectivity index (χ1n) is 9.67. The van der Waals surface area contributed by atoms with Crippen LogP contribution in [-0.4, -0.2) is 53.9 Å². The van der Waals surface area contributed by atoms with E-state index < -0.39 is 22.2 Å². The maximum absolute atomic E-state index is 12.9. The van der Waals surface area contributed by atoms with Gasteiger partial charge in [-0.3, -0.25) is 4.98 Å². The number of halogens is 2. The minimum Gasteiger partial charge on any atom is -0.465 e. The van der Waals surface area contributed by atoms with Gasteiger partial charge in [0.25, 0.3) is 0 Å². The highest BCUT2D eigenvalue weighted by Gasteiger charge is 2.31. The summed E-state index contributed by atoms with van der Waals surface area (Å²) in [6.45, 7) is 0.918. The number of hydrogen-bond acceptors (Lipinski definition) is 5. The quantitative estimate of drug-likeness (QED) is 0.587. The highest BCUT2D eigenvalue weighted by atomic mass is 35.5. The summed E-state index contributed by atoms with van der Waals surface area (Å²) >= 11 is 12.1. The Labute approximate surface area is 191 Å². The Hall–Kier alpha value is -1.91. The molecule has 168 valence electrons. The first kappa shape index (κ1) is 23.7. The summed E-state index contributed by atoms with van der Waals surface area (Å²) in [4.78, 5) is 15.1. The van der Waals surface area contributed by atoms with Crippen LogP contribution in [0.25, 0.3) is 0 Å². The Morgan fingerprint density at radius 1 is 1.29 bits per heavy atom. The molecule has 0 saturated carbocycles. The predicted octanol–water partition coefficient (Wildman–Crippen LogP) is 3.71. The number of piperidine rings is 1. The highest BCUT2D eigenvalue weighted by Crippen LogP contribution is 2.25. The fraction of sp³-hybridized carbons (Fsp3) is 0.400. The van der Waals surface area contributed by atoms with Crippen LogP contribution in [0.3, 0.4) is 0 Å². The Kier molecular flexibility index (Phi) is 8.12. The number of sulfonamides is 1. The lowest BCUT2D eigenvalue weighted by Gasteiger charge is -2.32. The Bertz CT molecular complexity index is 999. The van der Waals surface area contributed by atoms with E-state index in [1.807, 2.05) is 0 Å². The summed E-state index contributed by atoms with van der Waals surface area (Å²) in [5.74, 6) is -0.378. The van der Waals surface area contributed by atoms with Crippen molar-refractivity contribution in [2.24, 2.45) is 0 Å². The molecule has 0 radical (unpaired) electrons. The van der Waals surface area contributed by atoms with Gasteiger partial charge in [0.1, 0.15) is 0 Å². The van der Waals surface area contributed by atoms with E-state index >= 15 is 0 Å². The molecule has 0 aliphatic carbocycles. The summed E-state index contributed by atoms with van der Waals surface area (Å²) in [5, 5.41) is 12.5. The molecular formula is C20H23Cl2N3O5S. The summed E-state index contributed by atoms with van der Waals surface area (Å²) in [6.07, 6.45) is 2.68. The third-order valence-electron chi connectivity index (χ3n) is 5.05. The first-order chi connectivity index (χ1) is 14.7. The van der Waals surface area contributed by atoms with Crippen LogP contribution in [0.15, 0.2) is 42.7 Å². The topological polar surface area (TPSA) is 109 Å². The van der Waals surface area contributed by atoms with E-state index in [1.54, 1.807) is 30.3 Å². The normalized spacial score (nSPS) is 16.7. The molecule has 2 heterocycles. The lowest BCUT2D eigenvalue weighted by molar-refractivity contribution is 0.0102. The van der Waals surface area contributed by atoms with Crippen LogP contribution in [0.5, 0.6) is 0 Å². The Morgan fingerprint density at radius 2 is 2.03 bits per heavy atom. The summed E-state index contributed by atoms with van der Waals surface area (Å²) in [5.41, 5.74) is 1.31. The third kappa shape index (κ3) is 6.78. The zero-order valence-corrected chi connectivity index (χ0v) is 18.9. The van der Waals surface area contributed by atoms with Crippen molar-refractivity contribution in [1.29, 1.82) is 0 Å². The number of nitrogens with zero attached hydrogens (tertiary/aromatic N) is 2.